The number of amides is 1. The van der Waals surface area contributed by atoms with Gasteiger partial charge in [-0.3, -0.25) is 4.79 Å². The minimum atomic E-state index is -0.776. The lowest BCUT2D eigenvalue weighted by atomic mass is 9.79. The second kappa shape index (κ2) is 10.7. The molecule has 0 spiro atoms. The molecular formula is C27H38N2O4. The standard InChI is InChI=1S/C27H38N2O4/c1-18(30)29-23(14-15-28-19-12-10-9-11-13-19)25(31)33-24-21(26(2,3)4)16-20(32-8)17-22(24)27(5,6)7/h9-13,16-17,23,28H,14-15H2,1-8H3,(H,29,30). The van der Waals surface area contributed by atoms with Crippen LogP contribution in [-0.4, -0.2) is 31.6 Å². The SMILES string of the molecule is COc1cc(C(C)(C)C)c(OC(=O)C(CCNc2ccccc2)NC(C)=O)c(C(C)(C)C)c1. The minimum absolute atomic E-state index is 0.279. The van der Waals surface area contributed by atoms with Gasteiger partial charge in [-0.2, -0.15) is 0 Å². The van der Waals surface area contributed by atoms with Gasteiger partial charge in [-0.15, -0.1) is 0 Å². The summed E-state index contributed by atoms with van der Waals surface area (Å²) in [5, 5.41) is 6.02. The summed E-state index contributed by atoms with van der Waals surface area (Å²) < 4.78 is 11.6. The summed E-state index contributed by atoms with van der Waals surface area (Å²) in [6.07, 6.45) is 0.388. The quantitative estimate of drug-likeness (QED) is 0.423. The van der Waals surface area contributed by atoms with Crippen molar-refractivity contribution in [2.45, 2.75) is 71.8 Å². The lowest BCUT2D eigenvalue weighted by Gasteiger charge is -2.30. The number of anilines is 1. The number of esters is 1. The molecule has 0 saturated heterocycles. The van der Waals surface area contributed by atoms with Crippen LogP contribution in [0.2, 0.25) is 0 Å². The number of carbonyl (C=O) groups is 2. The molecule has 2 rings (SSSR count). The van der Waals surface area contributed by atoms with Crippen LogP contribution in [0.1, 0.15) is 66.0 Å². The fraction of sp³-hybridized carbons (Fsp3) is 0.481. The molecule has 1 amide bonds. The summed E-state index contributed by atoms with van der Waals surface area (Å²) in [7, 11) is 1.63. The van der Waals surface area contributed by atoms with E-state index in [1.165, 1.54) is 6.92 Å². The third-order valence-electron chi connectivity index (χ3n) is 5.31. The first-order valence-corrected chi connectivity index (χ1v) is 11.3. The Morgan fingerprint density at radius 1 is 0.939 bits per heavy atom. The number of methoxy groups -OCH3 is 1. The fourth-order valence-electron chi connectivity index (χ4n) is 3.53. The smallest absolute Gasteiger partial charge is 0.334 e. The number of para-hydroxylation sites is 1. The molecule has 1 atom stereocenters. The molecule has 0 aliphatic rings. The Kier molecular flexibility index (Phi) is 8.53. The van der Waals surface area contributed by atoms with Crippen LogP contribution in [0.25, 0.3) is 0 Å². The molecule has 0 radical (unpaired) electrons. The second-order valence-corrected chi connectivity index (χ2v) is 10.3. The molecule has 6 nitrogen and oxygen atoms in total. The molecule has 0 heterocycles. The lowest BCUT2D eigenvalue weighted by Crippen LogP contribution is -2.43. The van der Waals surface area contributed by atoms with Crippen molar-refractivity contribution >= 4 is 17.6 Å². The molecule has 2 aromatic rings. The number of nitrogens with one attached hydrogen (secondary N) is 2. The van der Waals surface area contributed by atoms with E-state index >= 15 is 0 Å². The number of hydrogen-bond acceptors (Lipinski definition) is 5. The van der Waals surface area contributed by atoms with E-state index in [9.17, 15) is 9.59 Å². The van der Waals surface area contributed by atoms with E-state index in [2.05, 4.69) is 52.2 Å². The predicted molar refractivity (Wildman–Crippen MR) is 133 cm³/mol. The Morgan fingerprint density at radius 2 is 1.48 bits per heavy atom. The second-order valence-electron chi connectivity index (χ2n) is 10.3. The fourth-order valence-corrected chi connectivity index (χ4v) is 3.53. The molecule has 0 bridgehead atoms. The zero-order chi connectivity index (χ0) is 24.8. The van der Waals surface area contributed by atoms with Gasteiger partial charge < -0.3 is 20.1 Å². The minimum Gasteiger partial charge on any atom is -0.497 e. The number of rotatable bonds is 8. The van der Waals surface area contributed by atoms with Gasteiger partial charge in [0.2, 0.25) is 5.91 Å². The molecule has 0 saturated carbocycles. The maximum atomic E-state index is 13.3. The van der Waals surface area contributed by atoms with Crippen LogP contribution in [-0.2, 0) is 20.4 Å². The number of ether oxygens (including phenoxy) is 2. The molecule has 2 aromatic carbocycles. The van der Waals surface area contributed by atoms with E-state index in [0.717, 1.165) is 22.6 Å². The van der Waals surface area contributed by atoms with Gasteiger partial charge in [-0.25, -0.2) is 4.79 Å². The van der Waals surface area contributed by atoms with Gasteiger partial charge >= 0.3 is 5.97 Å². The van der Waals surface area contributed by atoms with Gasteiger partial charge in [0.1, 0.15) is 17.5 Å². The molecule has 0 aliphatic heterocycles. The molecule has 180 valence electrons. The van der Waals surface area contributed by atoms with Gasteiger partial charge in [-0.05, 0) is 41.5 Å². The van der Waals surface area contributed by atoms with Gasteiger partial charge in [-0.1, -0.05) is 59.7 Å². The summed E-state index contributed by atoms with van der Waals surface area (Å²) in [6.45, 7) is 14.3. The van der Waals surface area contributed by atoms with Crippen molar-refractivity contribution in [3.05, 3.63) is 53.6 Å². The van der Waals surface area contributed by atoms with E-state index in [1.807, 2.05) is 42.5 Å². The lowest BCUT2D eigenvalue weighted by molar-refractivity contribution is -0.139. The summed E-state index contributed by atoms with van der Waals surface area (Å²) in [5.74, 6) is 0.488. The normalized spacial score (nSPS) is 12.6. The highest BCUT2D eigenvalue weighted by Crippen LogP contribution is 2.42. The third kappa shape index (κ3) is 7.52. The van der Waals surface area contributed by atoms with E-state index < -0.39 is 12.0 Å². The molecule has 1 unspecified atom stereocenters. The van der Waals surface area contributed by atoms with Crippen molar-refractivity contribution < 1.29 is 19.1 Å². The summed E-state index contributed by atoms with van der Waals surface area (Å²) in [4.78, 5) is 25.1. The molecule has 0 fully saturated rings. The largest absolute Gasteiger partial charge is 0.497 e. The zero-order valence-corrected chi connectivity index (χ0v) is 21.2. The van der Waals surface area contributed by atoms with Gasteiger partial charge in [0.25, 0.3) is 0 Å². The first kappa shape index (κ1) is 26.2. The van der Waals surface area contributed by atoms with Crippen LogP contribution in [0.3, 0.4) is 0 Å². The Hall–Kier alpha value is -3.02. The monoisotopic (exact) mass is 454 g/mol. The topological polar surface area (TPSA) is 76.7 Å². The van der Waals surface area contributed by atoms with Crippen molar-refractivity contribution in [3.63, 3.8) is 0 Å². The predicted octanol–water partition coefficient (Wildman–Crippen LogP) is 5.20. The van der Waals surface area contributed by atoms with Crippen LogP contribution in [0.4, 0.5) is 5.69 Å². The Balaban J connectivity index is 2.35. The molecular weight excluding hydrogens is 416 g/mol. The van der Waals surface area contributed by atoms with Crippen molar-refractivity contribution in [2.24, 2.45) is 0 Å². The number of hydrogen-bond donors (Lipinski definition) is 2. The molecule has 0 aromatic heterocycles. The van der Waals surface area contributed by atoms with E-state index in [1.54, 1.807) is 7.11 Å². The van der Waals surface area contributed by atoms with Gasteiger partial charge in [0.15, 0.2) is 0 Å². The van der Waals surface area contributed by atoms with Gasteiger partial charge in [0.05, 0.1) is 7.11 Å². The molecule has 0 aliphatic carbocycles. The highest BCUT2D eigenvalue weighted by Gasteiger charge is 2.31. The molecule has 2 N–H and O–H groups in total. The zero-order valence-electron chi connectivity index (χ0n) is 21.2. The first-order chi connectivity index (χ1) is 15.3. The van der Waals surface area contributed by atoms with Crippen LogP contribution in [0.5, 0.6) is 11.5 Å². The van der Waals surface area contributed by atoms with Crippen LogP contribution < -0.4 is 20.1 Å². The number of benzene rings is 2. The van der Waals surface area contributed by atoms with Crippen LogP contribution in [0.15, 0.2) is 42.5 Å². The highest BCUT2D eigenvalue weighted by molar-refractivity contribution is 5.85. The van der Waals surface area contributed by atoms with E-state index in [-0.39, 0.29) is 16.7 Å². The third-order valence-corrected chi connectivity index (χ3v) is 5.31. The van der Waals surface area contributed by atoms with Crippen LogP contribution in [0, 0.1) is 0 Å². The summed E-state index contributed by atoms with van der Waals surface area (Å²) >= 11 is 0. The van der Waals surface area contributed by atoms with Crippen molar-refractivity contribution in [1.82, 2.24) is 5.32 Å². The average molecular weight is 455 g/mol. The maximum Gasteiger partial charge on any atom is 0.334 e. The maximum absolute atomic E-state index is 13.3. The van der Waals surface area contributed by atoms with Crippen LogP contribution >= 0.6 is 0 Å². The molecule has 6 heteroatoms. The van der Waals surface area contributed by atoms with Crippen molar-refractivity contribution in [2.75, 3.05) is 19.0 Å². The highest BCUT2D eigenvalue weighted by atomic mass is 16.5. The number of carbonyl (C=O) groups excluding carboxylic acids is 2. The summed E-state index contributed by atoms with van der Waals surface area (Å²) in [6, 6.07) is 12.8. The first-order valence-electron chi connectivity index (χ1n) is 11.3. The van der Waals surface area contributed by atoms with E-state index in [0.29, 0.717) is 18.7 Å². The molecule has 33 heavy (non-hydrogen) atoms. The van der Waals surface area contributed by atoms with E-state index in [4.69, 9.17) is 9.47 Å². The van der Waals surface area contributed by atoms with Crippen molar-refractivity contribution in [1.29, 1.82) is 0 Å². The average Bonchev–Trinajstić information content (AvgIpc) is 2.72. The Bertz CT molecular complexity index is 921. The summed E-state index contributed by atoms with van der Waals surface area (Å²) in [5.41, 5.74) is 2.13. The van der Waals surface area contributed by atoms with Gasteiger partial charge in [0, 0.05) is 30.3 Å². The Morgan fingerprint density at radius 3 is 1.94 bits per heavy atom. The van der Waals surface area contributed by atoms with Crippen molar-refractivity contribution in [3.8, 4) is 11.5 Å². The Labute approximate surface area is 198 Å².